The van der Waals surface area contributed by atoms with Crippen LogP contribution in [0.25, 0.3) is 0 Å². The van der Waals surface area contributed by atoms with Crippen LogP contribution < -0.4 is 0 Å². The maximum Gasteiger partial charge on any atom is 0.0829 e. The van der Waals surface area contributed by atoms with Crippen molar-refractivity contribution in [3.8, 4) is 0 Å². The minimum atomic E-state index is 0.379. The minimum absolute atomic E-state index is 0.379. The van der Waals surface area contributed by atoms with Crippen molar-refractivity contribution in [2.24, 2.45) is 0 Å². The smallest absolute Gasteiger partial charge is 0.0829 e. The first kappa shape index (κ1) is 14.2. The minimum Gasteiger partial charge on any atom is -0.374 e. The summed E-state index contributed by atoms with van der Waals surface area (Å²) >= 11 is 5.72. The molecule has 0 amide bonds. The van der Waals surface area contributed by atoms with Crippen LogP contribution in [0.15, 0.2) is 0 Å². The summed E-state index contributed by atoms with van der Waals surface area (Å²) in [6.45, 7) is 11.8. The van der Waals surface area contributed by atoms with Gasteiger partial charge in [-0.1, -0.05) is 13.8 Å². The number of likely N-dealkylation sites (N-methyl/N-ethyl adjacent to an activating group) is 1. The third kappa shape index (κ3) is 5.00. The zero-order valence-corrected chi connectivity index (χ0v) is 11.4. The molecule has 4 heteroatoms. The van der Waals surface area contributed by atoms with E-state index in [-0.39, 0.29) is 0 Å². The second kappa shape index (κ2) is 8.29. The molecular weight excluding hydrogens is 224 g/mol. The quantitative estimate of drug-likeness (QED) is 0.638. The van der Waals surface area contributed by atoms with E-state index < -0.39 is 0 Å². The molecule has 1 fully saturated rings. The first-order valence-electron chi connectivity index (χ1n) is 6.42. The standard InChI is InChI=1S/C12H25ClN2O/c1-3-14(4-2)10-12-11-15(7-5-6-13)8-9-16-12/h12H,3-11H2,1-2H3/t12-/m0/s1. The number of hydrogen-bond acceptors (Lipinski definition) is 3. The number of morpholine rings is 1. The highest BCUT2D eigenvalue weighted by Gasteiger charge is 2.21. The summed E-state index contributed by atoms with van der Waals surface area (Å²) in [5.41, 5.74) is 0. The molecule has 1 aliphatic rings. The van der Waals surface area contributed by atoms with E-state index in [1.54, 1.807) is 0 Å². The molecule has 1 saturated heterocycles. The molecule has 0 unspecified atom stereocenters. The number of halogens is 1. The molecule has 0 aromatic rings. The van der Waals surface area contributed by atoms with E-state index in [9.17, 15) is 0 Å². The lowest BCUT2D eigenvalue weighted by Gasteiger charge is -2.35. The molecule has 0 bridgehead atoms. The van der Waals surface area contributed by atoms with Crippen molar-refractivity contribution in [1.82, 2.24) is 9.80 Å². The summed E-state index contributed by atoms with van der Waals surface area (Å²) in [5, 5.41) is 0. The summed E-state index contributed by atoms with van der Waals surface area (Å²) in [6.07, 6.45) is 1.46. The van der Waals surface area contributed by atoms with E-state index in [1.807, 2.05) is 0 Å². The van der Waals surface area contributed by atoms with Crippen LogP contribution in [0.4, 0.5) is 0 Å². The lowest BCUT2D eigenvalue weighted by atomic mass is 10.2. The fraction of sp³-hybridized carbons (Fsp3) is 1.00. The van der Waals surface area contributed by atoms with Gasteiger partial charge >= 0.3 is 0 Å². The summed E-state index contributed by atoms with van der Waals surface area (Å²) in [6, 6.07) is 0. The Labute approximate surface area is 105 Å². The Morgan fingerprint density at radius 1 is 1.38 bits per heavy atom. The van der Waals surface area contributed by atoms with Crippen LogP contribution in [-0.2, 0) is 4.74 Å². The van der Waals surface area contributed by atoms with Crippen LogP contribution in [-0.4, -0.2) is 67.7 Å². The number of hydrogen-bond donors (Lipinski definition) is 0. The van der Waals surface area contributed by atoms with Gasteiger partial charge in [0.05, 0.1) is 12.7 Å². The highest BCUT2D eigenvalue weighted by atomic mass is 35.5. The van der Waals surface area contributed by atoms with Gasteiger partial charge in [-0.3, -0.25) is 4.90 Å². The van der Waals surface area contributed by atoms with Gasteiger partial charge in [0.2, 0.25) is 0 Å². The average molecular weight is 249 g/mol. The van der Waals surface area contributed by atoms with Crippen LogP contribution in [0.2, 0.25) is 0 Å². The maximum atomic E-state index is 5.81. The summed E-state index contributed by atoms with van der Waals surface area (Å²) < 4.78 is 5.81. The Kier molecular flexibility index (Phi) is 7.37. The lowest BCUT2D eigenvalue weighted by Crippen LogP contribution is -2.47. The second-order valence-corrected chi connectivity index (χ2v) is 4.70. The number of ether oxygens (including phenoxy) is 1. The average Bonchev–Trinajstić information content (AvgIpc) is 2.34. The molecule has 0 aliphatic carbocycles. The molecule has 1 atom stereocenters. The van der Waals surface area contributed by atoms with Gasteiger partial charge in [-0.2, -0.15) is 0 Å². The third-order valence-corrected chi connectivity index (χ3v) is 3.45. The van der Waals surface area contributed by atoms with Crippen LogP contribution in [0.5, 0.6) is 0 Å². The third-order valence-electron chi connectivity index (χ3n) is 3.19. The van der Waals surface area contributed by atoms with Gasteiger partial charge in [-0.25, -0.2) is 0 Å². The van der Waals surface area contributed by atoms with Crippen LogP contribution in [0.1, 0.15) is 20.3 Å². The molecule has 96 valence electrons. The van der Waals surface area contributed by atoms with E-state index in [1.165, 1.54) is 0 Å². The first-order valence-corrected chi connectivity index (χ1v) is 6.95. The van der Waals surface area contributed by atoms with Crippen molar-refractivity contribution in [1.29, 1.82) is 0 Å². The summed E-state index contributed by atoms with van der Waals surface area (Å²) in [7, 11) is 0. The van der Waals surface area contributed by atoms with Gasteiger partial charge in [0, 0.05) is 25.5 Å². The molecule has 0 aromatic carbocycles. The zero-order chi connectivity index (χ0) is 11.8. The van der Waals surface area contributed by atoms with E-state index in [0.29, 0.717) is 6.10 Å². The highest BCUT2D eigenvalue weighted by Crippen LogP contribution is 2.07. The molecule has 0 N–H and O–H groups in total. The molecule has 0 saturated carbocycles. The largest absolute Gasteiger partial charge is 0.374 e. The van der Waals surface area contributed by atoms with Crippen molar-refractivity contribution in [3.63, 3.8) is 0 Å². The molecule has 3 nitrogen and oxygen atoms in total. The first-order chi connectivity index (χ1) is 7.80. The van der Waals surface area contributed by atoms with E-state index in [2.05, 4.69) is 23.6 Å². The van der Waals surface area contributed by atoms with Crippen molar-refractivity contribution < 1.29 is 4.74 Å². The number of alkyl halides is 1. The molecule has 16 heavy (non-hydrogen) atoms. The Morgan fingerprint density at radius 2 is 2.12 bits per heavy atom. The van der Waals surface area contributed by atoms with Crippen molar-refractivity contribution in [2.45, 2.75) is 26.4 Å². The van der Waals surface area contributed by atoms with Gasteiger partial charge in [0.1, 0.15) is 0 Å². The Morgan fingerprint density at radius 3 is 2.75 bits per heavy atom. The molecule has 0 radical (unpaired) electrons. The van der Waals surface area contributed by atoms with Crippen LogP contribution in [0, 0.1) is 0 Å². The van der Waals surface area contributed by atoms with Gasteiger partial charge in [-0.05, 0) is 26.1 Å². The van der Waals surface area contributed by atoms with Crippen molar-refractivity contribution in [2.75, 3.05) is 51.8 Å². The monoisotopic (exact) mass is 248 g/mol. The molecule has 1 rings (SSSR count). The Bertz CT molecular complexity index is 176. The maximum absolute atomic E-state index is 5.81. The fourth-order valence-corrected chi connectivity index (χ4v) is 2.27. The summed E-state index contributed by atoms with van der Waals surface area (Å²) in [5.74, 6) is 0.762. The van der Waals surface area contributed by atoms with Gasteiger partial charge in [-0.15, -0.1) is 11.6 Å². The zero-order valence-electron chi connectivity index (χ0n) is 10.6. The van der Waals surface area contributed by atoms with Crippen molar-refractivity contribution >= 4 is 11.6 Å². The SMILES string of the molecule is CCN(CC)C[C@H]1CN(CCCCl)CCO1. The Balaban J connectivity index is 2.26. The van der Waals surface area contributed by atoms with E-state index in [0.717, 1.165) is 58.2 Å². The lowest BCUT2D eigenvalue weighted by molar-refractivity contribution is -0.0420. The van der Waals surface area contributed by atoms with Gasteiger partial charge in [0.15, 0.2) is 0 Å². The van der Waals surface area contributed by atoms with Crippen molar-refractivity contribution in [3.05, 3.63) is 0 Å². The number of rotatable bonds is 7. The predicted octanol–water partition coefficient (Wildman–Crippen LogP) is 1.66. The molecule has 0 aromatic heterocycles. The fourth-order valence-electron chi connectivity index (χ4n) is 2.15. The number of nitrogens with zero attached hydrogens (tertiary/aromatic N) is 2. The highest BCUT2D eigenvalue weighted by molar-refractivity contribution is 6.17. The molecular formula is C12H25ClN2O. The molecule has 1 aliphatic heterocycles. The normalized spacial score (nSPS) is 22.9. The Hall–Kier alpha value is 0.170. The van der Waals surface area contributed by atoms with E-state index in [4.69, 9.17) is 16.3 Å². The van der Waals surface area contributed by atoms with Crippen LogP contribution >= 0.6 is 11.6 Å². The van der Waals surface area contributed by atoms with Crippen LogP contribution in [0.3, 0.4) is 0 Å². The second-order valence-electron chi connectivity index (χ2n) is 4.32. The van der Waals surface area contributed by atoms with Gasteiger partial charge < -0.3 is 9.64 Å². The van der Waals surface area contributed by atoms with E-state index >= 15 is 0 Å². The summed E-state index contributed by atoms with van der Waals surface area (Å²) in [4.78, 5) is 4.90. The molecule has 1 heterocycles. The van der Waals surface area contributed by atoms with Gasteiger partial charge in [0.25, 0.3) is 0 Å². The molecule has 0 spiro atoms. The predicted molar refractivity (Wildman–Crippen MR) is 69.3 cm³/mol. The topological polar surface area (TPSA) is 15.7 Å².